The average molecular weight is 447 g/mol. The lowest BCUT2D eigenvalue weighted by Gasteiger charge is -2.26. The molecule has 168 valence electrons. The zero-order chi connectivity index (χ0) is 21.8. The Morgan fingerprint density at radius 2 is 2.03 bits per heavy atom. The van der Waals surface area contributed by atoms with Crippen LogP contribution in [0.25, 0.3) is 0 Å². The summed E-state index contributed by atoms with van der Waals surface area (Å²) in [6, 6.07) is 6.38. The number of para-hydroxylation sites is 1. The molecule has 7 heteroatoms. The minimum Gasteiger partial charge on any atom is -0.490 e. The molecule has 1 N–H and O–H groups in total. The van der Waals surface area contributed by atoms with Crippen molar-refractivity contribution < 1.29 is 19.0 Å². The lowest BCUT2D eigenvalue weighted by Crippen LogP contribution is -2.37. The van der Waals surface area contributed by atoms with Crippen LogP contribution < -0.4 is 4.74 Å². The molecule has 1 saturated carbocycles. The normalized spacial score (nSPS) is 22.5. The summed E-state index contributed by atoms with van der Waals surface area (Å²) in [4.78, 5) is 20.5. The van der Waals surface area contributed by atoms with Gasteiger partial charge in [-0.05, 0) is 44.7 Å². The molecule has 1 aliphatic carbocycles. The number of hydrogen-bond acceptors (Lipinski definition) is 5. The van der Waals surface area contributed by atoms with Crippen LogP contribution in [-0.2, 0) is 16.8 Å². The van der Waals surface area contributed by atoms with Gasteiger partial charge in [-0.3, -0.25) is 4.79 Å². The first kappa shape index (κ1) is 22.2. The predicted octanol–water partition coefficient (Wildman–Crippen LogP) is 4.60. The highest BCUT2D eigenvalue weighted by atomic mass is 32.1. The number of aryl methyl sites for hydroxylation is 1. The average Bonchev–Trinajstić information content (AvgIpc) is 3.37. The van der Waals surface area contributed by atoms with Crippen LogP contribution in [0.1, 0.15) is 60.5 Å². The van der Waals surface area contributed by atoms with Crippen molar-refractivity contribution in [3.05, 3.63) is 45.7 Å². The Hall–Kier alpha value is -1.99. The largest absolute Gasteiger partial charge is 0.490 e. The van der Waals surface area contributed by atoms with Crippen LogP contribution in [0.2, 0.25) is 0 Å². The Bertz CT molecular complexity index is 912. The van der Waals surface area contributed by atoms with Gasteiger partial charge in [0.2, 0.25) is 5.91 Å². The Balaban J connectivity index is 1.37. The summed E-state index contributed by atoms with van der Waals surface area (Å²) < 4.78 is 19.3. The molecular weight excluding hydrogens is 415 g/mol. The van der Waals surface area contributed by atoms with Gasteiger partial charge in [0.15, 0.2) is 11.6 Å². The van der Waals surface area contributed by atoms with Crippen LogP contribution in [0.3, 0.4) is 0 Å². The Morgan fingerprint density at radius 1 is 1.26 bits per heavy atom. The number of aromatic nitrogens is 1. The number of aliphatic hydroxyl groups is 1. The highest BCUT2D eigenvalue weighted by molar-refractivity contribution is 7.11. The number of hydrogen-bond donors (Lipinski definition) is 1. The van der Waals surface area contributed by atoms with Gasteiger partial charge in [0.1, 0.15) is 10.6 Å². The smallest absolute Gasteiger partial charge is 0.225 e. The van der Waals surface area contributed by atoms with Crippen molar-refractivity contribution in [1.82, 2.24) is 9.88 Å². The maximum absolute atomic E-state index is 13.7. The fourth-order valence-electron chi connectivity index (χ4n) is 4.66. The molecule has 4 rings (SSSR count). The van der Waals surface area contributed by atoms with Crippen molar-refractivity contribution in [3.8, 4) is 5.75 Å². The fourth-order valence-corrected chi connectivity index (χ4v) is 5.85. The van der Waals surface area contributed by atoms with Crippen molar-refractivity contribution in [2.24, 2.45) is 5.92 Å². The maximum Gasteiger partial charge on any atom is 0.225 e. The van der Waals surface area contributed by atoms with Crippen LogP contribution in [0.15, 0.2) is 24.3 Å². The van der Waals surface area contributed by atoms with Gasteiger partial charge in [0.25, 0.3) is 0 Å². The number of carbonyl (C=O) groups is 1. The molecule has 1 aliphatic heterocycles. The summed E-state index contributed by atoms with van der Waals surface area (Å²) in [5, 5.41) is 12.1. The zero-order valence-corrected chi connectivity index (χ0v) is 18.9. The summed E-state index contributed by atoms with van der Waals surface area (Å²) in [6.07, 6.45) is 6.82. The van der Waals surface area contributed by atoms with E-state index >= 15 is 0 Å². The number of amides is 1. The van der Waals surface area contributed by atoms with Gasteiger partial charge in [0.05, 0.1) is 12.3 Å². The fraction of sp³-hybridized carbons (Fsp3) is 0.583. The summed E-state index contributed by atoms with van der Waals surface area (Å²) in [7, 11) is 0. The van der Waals surface area contributed by atoms with Crippen molar-refractivity contribution in [3.63, 3.8) is 0 Å². The number of ether oxygens (including phenoxy) is 1. The molecule has 2 heterocycles. The number of carbonyl (C=O) groups excluding carboxylic acids is 1. The van der Waals surface area contributed by atoms with Crippen LogP contribution in [-0.4, -0.2) is 40.6 Å². The van der Waals surface area contributed by atoms with E-state index in [2.05, 4.69) is 4.98 Å². The standard InChI is InChI=1S/C24H31FN2O3S/c1-17-21(11-16-30-20-10-5-4-9-19(20)25)31-23(26-17)24(29)12-6-14-27(15-13-24)22(28)18-7-2-3-8-18/h4-5,9-10,18,29H,2-3,6-8,11-16H2,1H3/t24-/m0/s1. The van der Waals surface area contributed by atoms with Crippen LogP contribution in [0.5, 0.6) is 5.75 Å². The lowest BCUT2D eigenvalue weighted by atomic mass is 9.96. The van der Waals surface area contributed by atoms with E-state index in [-0.39, 0.29) is 23.4 Å². The second kappa shape index (κ2) is 9.65. The van der Waals surface area contributed by atoms with E-state index in [0.29, 0.717) is 39.0 Å². The quantitative estimate of drug-likeness (QED) is 0.704. The number of likely N-dealkylation sites (tertiary alicyclic amines) is 1. The molecule has 1 atom stereocenters. The van der Waals surface area contributed by atoms with E-state index in [1.165, 1.54) is 17.4 Å². The molecule has 0 spiro atoms. The molecule has 1 aromatic carbocycles. The first-order chi connectivity index (χ1) is 15.0. The topological polar surface area (TPSA) is 62.7 Å². The van der Waals surface area contributed by atoms with Crippen molar-refractivity contribution in [2.45, 2.75) is 63.9 Å². The van der Waals surface area contributed by atoms with Gasteiger partial charge in [-0.2, -0.15) is 0 Å². The first-order valence-corrected chi connectivity index (χ1v) is 12.1. The maximum atomic E-state index is 13.7. The molecule has 2 aliphatic rings. The monoisotopic (exact) mass is 446 g/mol. The Morgan fingerprint density at radius 3 is 2.81 bits per heavy atom. The van der Waals surface area contributed by atoms with Gasteiger partial charge < -0.3 is 14.7 Å². The number of benzene rings is 1. The lowest BCUT2D eigenvalue weighted by molar-refractivity contribution is -0.135. The summed E-state index contributed by atoms with van der Waals surface area (Å²) in [5.74, 6) is 0.324. The third-order valence-electron chi connectivity index (χ3n) is 6.54. The van der Waals surface area contributed by atoms with Gasteiger partial charge in [-0.25, -0.2) is 9.37 Å². The second-order valence-electron chi connectivity index (χ2n) is 8.75. The molecule has 0 radical (unpaired) electrons. The van der Waals surface area contributed by atoms with E-state index in [1.54, 1.807) is 18.2 Å². The summed E-state index contributed by atoms with van der Waals surface area (Å²) in [5.41, 5.74) is -0.112. The molecule has 1 amide bonds. The van der Waals surface area contributed by atoms with E-state index in [0.717, 1.165) is 47.7 Å². The summed E-state index contributed by atoms with van der Waals surface area (Å²) >= 11 is 1.51. The first-order valence-electron chi connectivity index (χ1n) is 11.3. The van der Waals surface area contributed by atoms with Gasteiger partial charge in [-0.1, -0.05) is 25.0 Å². The highest BCUT2D eigenvalue weighted by Gasteiger charge is 2.37. The highest BCUT2D eigenvalue weighted by Crippen LogP contribution is 2.37. The predicted molar refractivity (Wildman–Crippen MR) is 119 cm³/mol. The SMILES string of the molecule is Cc1nc([C@]2(O)CCCN(C(=O)C3CCCC3)CC2)sc1CCOc1ccccc1F. The molecule has 0 bridgehead atoms. The molecule has 0 unspecified atom stereocenters. The van der Waals surface area contributed by atoms with Crippen LogP contribution in [0, 0.1) is 18.7 Å². The third kappa shape index (κ3) is 5.09. The van der Waals surface area contributed by atoms with Crippen molar-refractivity contribution in [1.29, 1.82) is 0 Å². The van der Waals surface area contributed by atoms with Crippen molar-refractivity contribution in [2.75, 3.05) is 19.7 Å². The minimum atomic E-state index is -0.995. The van der Waals surface area contributed by atoms with Crippen LogP contribution in [0.4, 0.5) is 4.39 Å². The Kier molecular flexibility index (Phi) is 6.92. The third-order valence-corrected chi connectivity index (χ3v) is 7.95. The Labute approximate surface area is 187 Å². The molecule has 2 aromatic rings. The number of thiazole rings is 1. The number of rotatable bonds is 6. The zero-order valence-electron chi connectivity index (χ0n) is 18.1. The summed E-state index contributed by atoms with van der Waals surface area (Å²) in [6.45, 7) is 3.58. The molecule has 1 aromatic heterocycles. The van der Waals surface area contributed by atoms with E-state index in [9.17, 15) is 14.3 Å². The van der Waals surface area contributed by atoms with E-state index in [4.69, 9.17) is 4.74 Å². The molecule has 2 fully saturated rings. The molecular formula is C24H31FN2O3S. The van der Waals surface area contributed by atoms with E-state index in [1.807, 2.05) is 11.8 Å². The van der Waals surface area contributed by atoms with E-state index < -0.39 is 5.60 Å². The van der Waals surface area contributed by atoms with Crippen LogP contribution >= 0.6 is 11.3 Å². The molecule has 5 nitrogen and oxygen atoms in total. The number of halogens is 1. The van der Waals surface area contributed by atoms with Gasteiger partial charge >= 0.3 is 0 Å². The second-order valence-corrected chi connectivity index (χ2v) is 9.83. The minimum absolute atomic E-state index is 0.175. The van der Waals surface area contributed by atoms with Gasteiger partial charge in [-0.15, -0.1) is 11.3 Å². The number of nitrogens with zero attached hydrogens (tertiary/aromatic N) is 2. The molecule has 31 heavy (non-hydrogen) atoms. The molecule has 1 saturated heterocycles. The van der Waals surface area contributed by atoms with Crippen molar-refractivity contribution >= 4 is 17.2 Å². The van der Waals surface area contributed by atoms with Gasteiger partial charge in [0, 0.05) is 36.7 Å².